The highest BCUT2D eigenvalue weighted by molar-refractivity contribution is 5.89. The van der Waals surface area contributed by atoms with Crippen LogP contribution < -0.4 is 10.2 Å². The smallest absolute Gasteiger partial charge is 0.247 e. The van der Waals surface area contributed by atoms with Crippen LogP contribution in [0.25, 0.3) is 22.3 Å². The fourth-order valence-corrected chi connectivity index (χ4v) is 3.39. The molecule has 4 heterocycles. The second kappa shape index (κ2) is 9.56. The number of hydrogen-bond acceptors (Lipinski definition) is 6. The maximum absolute atomic E-state index is 12.9. The third-order valence-electron chi connectivity index (χ3n) is 5.09. The van der Waals surface area contributed by atoms with Gasteiger partial charge < -0.3 is 10.2 Å². The lowest BCUT2D eigenvalue weighted by molar-refractivity contribution is -0.116. The van der Waals surface area contributed by atoms with Crippen molar-refractivity contribution in [3.63, 3.8) is 0 Å². The molecule has 9 heteroatoms. The van der Waals surface area contributed by atoms with Crippen LogP contribution in [0.5, 0.6) is 0 Å². The molecule has 33 heavy (non-hydrogen) atoms. The summed E-state index contributed by atoms with van der Waals surface area (Å²) in [7, 11) is 3.88. The molecule has 4 rings (SSSR count). The molecule has 0 spiro atoms. The summed E-state index contributed by atoms with van der Waals surface area (Å²) in [5.74, 6) is 1.08. The molecule has 0 saturated heterocycles. The van der Waals surface area contributed by atoms with E-state index in [9.17, 15) is 9.18 Å². The van der Waals surface area contributed by atoms with Crippen LogP contribution in [-0.2, 0) is 18.0 Å². The van der Waals surface area contributed by atoms with Gasteiger partial charge in [-0.2, -0.15) is 5.10 Å². The number of alkyl halides is 1. The summed E-state index contributed by atoms with van der Waals surface area (Å²) in [6.07, 6.45) is 6.83. The van der Waals surface area contributed by atoms with Crippen LogP contribution in [-0.4, -0.2) is 44.7 Å². The SMILES string of the molecule is Cc1nn(CC(=O)Nc2ccc(-c3ccc(N(C)C)nc3)cn2)cc1-c1ccnc(CF)c1. The molecular weight excluding hydrogens is 421 g/mol. The molecule has 1 amide bonds. The van der Waals surface area contributed by atoms with Gasteiger partial charge in [0, 0.05) is 55.6 Å². The molecule has 0 atom stereocenters. The maximum atomic E-state index is 12.9. The standard InChI is InChI=1S/C24H24FN7O/c1-16-21(17-8-9-26-20(10-17)11-25)14-32(30-16)15-24(33)29-22-6-4-18(12-27-22)19-5-7-23(28-13-19)31(2)3/h4-10,12-14H,11,15H2,1-3H3,(H,27,29,33). The molecule has 168 valence electrons. The van der Waals surface area contributed by atoms with Crippen molar-refractivity contribution in [2.75, 3.05) is 24.3 Å². The first-order valence-electron chi connectivity index (χ1n) is 10.4. The minimum absolute atomic E-state index is 0.0290. The van der Waals surface area contributed by atoms with Crippen LogP contribution in [0.2, 0.25) is 0 Å². The summed E-state index contributed by atoms with van der Waals surface area (Å²) in [5.41, 5.74) is 4.59. The highest BCUT2D eigenvalue weighted by Crippen LogP contribution is 2.23. The minimum Gasteiger partial charge on any atom is -0.363 e. The van der Waals surface area contributed by atoms with Crippen molar-refractivity contribution in [3.05, 3.63) is 72.6 Å². The monoisotopic (exact) mass is 445 g/mol. The highest BCUT2D eigenvalue weighted by atomic mass is 19.1. The van der Waals surface area contributed by atoms with Gasteiger partial charge in [0.2, 0.25) is 5.91 Å². The number of aromatic nitrogens is 5. The van der Waals surface area contributed by atoms with E-state index in [-0.39, 0.29) is 12.5 Å². The summed E-state index contributed by atoms with van der Waals surface area (Å²) in [6, 6.07) is 11.0. The number of halogens is 1. The quantitative estimate of drug-likeness (QED) is 0.464. The van der Waals surface area contributed by atoms with Crippen molar-refractivity contribution in [2.24, 2.45) is 0 Å². The predicted octanol–water partition coefficient (Wildman–Crippen LogP) is 3.88. The second-order valence-corrected chi connectivity index (χ2v) is 7.78. The number of carbonyl (C=O) groups is 1. The number of nitrogens with zero attached hydrogens (tertiary/aromatic N) is 6. The Morgan fingerprint density at radius 3 is 2.42 bits per heavy atom. The van der Waals surface area contributed by atoms with E-state index in [1.807, 2.05) is 44.1 Å². The van der Waals surface area contributed by atoms with Crippen molar-refractivity contribution in [1.29, 1.82) is 0 Å². The summed E-state index contributed by atoms with van der Waals surface area (Å²) in [4.78, 5) is 27.2. The summed E-state index contributed by atoms with van der Waals surface area (Å²) in [5, 5.41) is 7.20. The Morgan fingerprint density at radius 1 is 1.03 bits per heavy atom. The molecular formula is C24H24FN7O. The summed E-state index contributed by atoms with van der Waals surface area (Å²) >= 11 is 0. The van der Waals surface area contributed by atoms with Gasteiger partial charge in [-0.3, -0.25) is 14.5 Å². The van der Waals surface area contributed by atoms with E-state index in [0.717, 1.165) is 33.8 Å². The van der Waals surface area contributed by atoms with Crippen LogP contribution in [0, 0.1) is 6.92 Å². The van der Waals surface area contributed by atoms with E-state index < -0.39 is 6.67 Å². The largest absolute Gasteiger partial charge is 0.363 e. The molecule has 0 aromatic carbocycles. The predicted molar refractivity (Wildman–Crippen MR) is 125 cm³/mol. The van der Waals surface area contributed by atoms with Crippen LogP contribution in [0.1, 0.15) is 11.4 Å². The van der Waals surface area contributed by atoms with E-state index in [4.69, 9.17) is 0 Å². The third kappa shape index (κ3) is 5.20. The van der Waals surface area contributed by atoms with Crippen LogP contribution in [0.4, 0.5) is 16.0 Å². The molecule has 8 nitrogen and oxygen atoms in total. The van der Waals surface area contributed by atoms with Crippen LogP contribution >= 0.6 is 0 Å². The fourth-order valence-electron chi connectivity index (χ4n) is 3.39. The van der Waals surface area contributed by atoms with Gasteiger partial charge in [0.15, 0.2) is 0 Å². The van der Waals surface area contributed by atoms with Gasteiger partial charge in [0.05, 0.1) is 11.4 Å². The number of anilines is 2. The normalized spacial score (nSPS) is 10.8. The molecule has 0 unspecified atom stereocenters. The van der Waals surface area contributed by atoms with Gasteiger partial charge in [-0.15, -0.1) is 0 Å². The Bertz CT molecular complexity index is 1250. The first kappa shape index (κ1) is 22.1. The van der Waals surface area contributed by atoms with Crippen molar-refractivity contribution in [3.8, 4) is 22.3 Å². The topological polar surface area (TPSA) is 88.8 Å². The number of nitrogens with one attached hydrogen (secondary N) is 1. The number of rotatable bonds is 7. The zero-order valence-corrected chi connectivity index (χ0v) is 18.7. The fraction of sp³-hybridized carbons (Fsp3) is 0.208. The molecule has 1 N–H and O–H groups in total. The summed E-state index contributed by atoms with van der Waals surface area (Å²) < 4.78 is 14.5. The molecule has 0 aliphatic carbocycles. The van der Waals surface area contributed by atoms with E-state index in [1.54, 1.807) is 47.7 Å². The lowest BCUT2D eigenvalue weighted by Crippen LogP contribution is -2.19. The Morgan fingerprint density at radius 2 is 1.79 bits per heavy atom. The molecule has 0 aliphatic rings. The number of amides is 1. The van der Waals surface area contributed by atoms with Gasteiger partial charge in [0.1, 0.15) is 24.9 Å². The minimum atomic E-state index is -0.632. The lowest BCUT2D eigenvalue weighted by atomic mass is 10.1. The average Bonchev–Trinajstić information content (AvgIpc) is 3.19. The van der Waals surface area contributed by atoms with Crippen molar-refractivity contribution >= 4 is 17.5 Å². The summed E-state index contributed by atoms with van der Waals surface area (Å²) in [6.45, 7) is 1.24. The zero-order chi connectivity index (χ0) is 23.4. The Labute approximate surface area is 191 Å². The zero-order valence-electron chi connectivity index (χ0n) is 18.7. The first-order chi connectivity index (χ1) is 15.9. The van der Waals surface area contributed by atoms with Gasteiger partial charge in [-0.05, 0) is 48.9 Å². The van der Waals surface area contributed by atoms with Gasteiger partial charge in [-0.1, -0.05) is 0 Å². The van der Waals surface area contributed by atoms with Crippen LogP contribution in [0.15, 0.2) is 61.2 Å². The number of carbonyl (C=O) groups excluding carboxylic acids is 1. The van der Waals surface area contributed by atoms with Crippen molar-refractivity contribution in [2.45, 2.75) is 20.1 Å². The van der Waals surface area contributed by atoms with Crippen LogP contribution in [0.3, 0.4) is 0 Å². The Balaban J connectivity index is 1.41. The van der Waals surface area contributed by atoms with Gasteiger partial charge in [0.25, 0.3) is 0 Å². The molecule has 0 fully saturated rings. The van der Waals surface area contributed by atoms with E-state index in [0.29, 0.717) is 11.5 Å². The highest BCUT2D eigenvalue weighted by Gasteiger charge is 2.12. The van der Waals surface area contributed by atoms with Crippen molar-refractivity contribution < 1.29 is 9.18 Å². The molecule has 0 aliphatic heterocycles. The first-order valence-corrected chi connectivity index (χ1v) is 10.4. The number of pyridine rings is 3. The molecule has 0 saturated carbocycles. The number of aryl methyl sites for hydroxylation is 1. The Kier molecular flexibility index (Phi) is 6.39. The Hall–Kier alpha value is -4.14. The van der Waals surface area contributed by atoms with E-state index in [2.05, 4.69) is 25.4 Å². The lowest BCUT2D eigenvalue weighted by Gasteiger charge is -2.11. The molecule has 4 aromatic heterocycles. The van der Waals surface area contributed by atoms with Crippen molar-refractivity contribution in [1.82, 2.24) is 24.7 Å². The molecule has 0 bridgehead atoms. The van der Waals surface area contributed by atoms with E-state index in [1.165, 1.54) is 0 Å². The average molecular weight is 446 g/mol. The molecule has 4 aromatic rings. The third-order valence-corrected chi connectivity index (χ3v) is 5.09. The number of hydrogen-bond donors (Lipinski definition) is 1. The van der Waals surface area contributed by atoms with Gasteiger partial charge >= 0.3 is 0 Å². The van der Waals surface area contributed by atoms with Gasteiger partial charge in [-0.25, -0.2) is 14.4 Å². The maximum Gasteiger partial charge on any atom is 0.247 e. The second-order valence-electron chi connectivity index (χ2n) is 7.78. The van der Waals surface area contributed by atoms with E-state index >= 15 is 0 Å². The molecule has 0 radical (unpaired) electrons.